The number of hydrogen-bond donors (Lipinski definition) is 1. The van der Waals surface area contributed by atoms with E-state index in [-0.39, 0.29) is 0 Å². The Balaban J connectivity index is 1.72. The van der Waals surface area contributed by atoms with Crippen molar-refractivity contribution in [3.05, 3.63) is 35.4 Å². The van der Waals surface area contributed by atoms with E-state index < -0.39 is 5.97 Å². The van der Waals surface area contributed by atoms with Crippen LogP contribution in [0.25, 0.3) is 0 Å². The lowest BCUT2D eigenvalue weighted by Crippen LogP contribution is -2.39. The predicted molar refractivity (Wildman–Crippen MR) is 88.0 cm³/mol. The van der Waals surface area contributed by atoms with Gasteiger partial charge in [0.15, 0.2) is 0 Å². The van der Waals surface area contributed by atoms with Crippen molar-refractivity contribution in [3.63, 3.8) is 0 Å². The lowest BCUT2D eigenvalue weighted by Gasteiger charge is -2.37. The van der Waals surface area contributed by atoms with E-state index in [1.54, 1.807) is 6.07 Å². The molecule has 0 unspecified atom stereocenters. The molecule has 0 saturated heterocycles. The molecule has 0 aliphatic heterocycles. The SMILES string of the molecule is CCC1CCC(N(Cc2ccccc2C(=O)O)C2CC2)CC1. The molecule has 0 amide bonds. The highest BCUT2D eigenvalue weighted by Gasteiger charge is 2.36. The summed E-state index contributed by atoms with van der Waals surface area (Å²) in [7, 11) is 0. The summed E-state index contributed by atoms with van der Waals surface area (Å²) < 4.78 is 0. The van der Waals surface area contributed by atoms with E-state index in [1.807, 2.05) is 18.2 Å². The highest BCUT2D eigenvalue weighted by molar-refractivity contribution is 5.89. The van der Waals surface area contributed by atoms with Crippen LogP contribution in [-0.2, 0) is 6.54 Å². The Hall–Kier alpha value is -1.35. The fourth-order valence-corrected chi connectivity index (χ4v) is 3.91. The molecule has 0 radical (unpaired) electrons. The summed E-state index contributed by atoms with van der Waals surface area (Å²) >= 11 is 0. The summed E-state index contributed by atoms with van der Waals surface area (Å²) in [4.78, 5) is 14.0. The van der Waals surface area contributed by atoms with Crippen LogP contribution in [-0.4, -0.2) is 28.1 Å². The minimum Gasteiger partial charge on any atom is -0.478 e. The second kappa shape index (κ2) is 6.82. The molecule has 1 aromatic rings. The first-order valence-electron chi connectivity index (χ1n) is 8.76. The molecule has 1 aromatic carbocycles. The minimum atomic E-state index is -0.805. The Morgan fingerprint density at radius 1 is 1.09 bits per heavy atom. The van der Waals surface area contributed by atoms with Crippen LogP contribution in [0, 0.1) is 5.92 Å². The average molecular weight is 301 g/mol. The van der Waals surface area contributed by atoms with Gasteiger partial charge in [-0.3, -0.25) is 4.90 Å². The number of carboxylic acids is 1. The molecule has 2 saturated carbocycles. The fourth-order valence-electron chi connectivity index (χ4n) is 3.91. The van der Waals surface area contributed by atoms with E-state index in [0.717, 1.165) is 18.0 Å². The monoisotopic (exact) mass is 301 g/mol. The highest BCUT2D eigenvalue weighted by atomic mass is 16.4. The second-order valence-corrected chi connectivity index (χ2v) is 6.95. The van der Waals surface area contributed by atoms with E-state index in [2.05, 4.69) is 11.8 Å². The zero-order valence-electron chi connectivity index (χ0n) is 13.5. The summed E-state index contributed by atoms with van der Waals surface area (Å²) in [5.74, 6) is 0.102. The summed E-state index contributed by atoms with van der Waals surface area (Å²) in [5.41, 5.74) is 1.44. The summed E-state index contributed by atoms with van der Waals surface area (Å²) in [6, 6.07) is 8.83. The number of aromatic carboxylic acids is 1. The van der Waals surface area contributed by atoms with Gasteiger partial charge in [-0.05, 0) is 56.1 Å². The van der Waals surface area contributed by atoms with Gasteiger partial charge in [-0.1, -0.05) is 31.5 Å². The van der Waals surface area contributed by atoms with Gasteiger partial charge in [-0.2, -0.15) is 0 Å². The zero-order chi connectivity index (χ0) is 15.5. The van der Waals surface area contributed by atoms with Crippen molar-refractivity contribution in [3.8, 4) is 0 Å². The van der Waals surface area contributed by atoms with Crippen molar-refractivity contribution in [2.24, 2.45) is 5.92 Å². The van der Waals surface area contributed by atoms with Gasteiger partial charge in [0.1, 0.15) is 0 Å². The van der Waals surface area contributed by atoms with E-state index in [9.17, 15) is 9.90 Å². The zero-order valence-corrected chi connectivity index (χ0v) is 13.5. The minimum absolute atomic E-state index is 0.468. The third-order valence-corrected chi connectivity index (χ3v) is 5.48. The van der Waals surface area contributed by atoms with Crippen LogP contribution >= 0.6 is 0 Å². The Morgan fingerprint density at radius 3 is 2.23 bits per heavy atom. The Bertz CT molecular complexity index is 516. The van der Waals surface area contributed by atoms with Gasteiger partial charge in [0.05, 0.1) is 5.56 Å². The molecule has 22 heavy (non-hydrogen) atoms. The predicted octanol–water partition coefficient (Wildman–Crippen LogP) is 4.32. The van der Waals surface area contributed by atoms with Crippen LogP contribution in [0.4, 0.5) is 0 Å². The summed E-state index contributed by atoms with van der Waals surface area (Å²) in [6.07, 6.45) is 9.11. The van der Waals surface area contributed by atoms with Crippen LogP contribution < -0.4 is 0 Å². The maximum Gasteiger partial charge on any atom is 0.336 e. The van der Waals surface area contributed by atoms with Gasteiger partial charge >= 0.3 is 5.97 Å². The van der Waals surface area contributed by atoms with Crippen molar-refractivity contribution in [2.45, 2.75) is 70.5 Å². The van der Waals surface area contributed by atoms with E-state index in [0.29, 0.717) is 17.6 Å². The molecule has 2 aliphatic carbocycles. The van der Waals surface area contributed by atoms with Crippen LogP contribution in [0.2, 0.25) is 0 Å². The lowest BCUT2D eigenvalue weighted by atomic mass is 9.83. The van der Waals surface area contributed by atoms with Crippen LogP contribution in [0.3, 0.4) is 0 Å². The number of carboxylic acid groups (broad SMARTS) is 1. The molecule has 2 fully saturated rings. The molecular weight excluding hydrogens is 274 g/mol. The van der Waals surface area contributed by atoms with Crippen LogP contribution in [0.15, 0.2) is 24.3 Å². The first-order chi connectivity index (χ1) is 10.7. The third kappa shape index (κ3) is 3.52. The maximum absolute atomic E-state index is 11.4. The number of benzene rings is 1. The first kappa shape index (κ1) is 15.5. The maximum atomic E-state index is 11.4. The molecule has 0 atom stereocenters. The van der Waals surface area contributed by atoms with Crippen molar-refractivity contribution < 1.29 is 9.90 Å². The molecular formula is C19H27NO2. The molecule has 3 rings (SSSR count). The molecule has 120 valence electrons. The van der Waals surface area contributed by atoms with Crippen LogP contribution in [0.1, 0.15) is 67.8 Å². The molecule has 0 spiro atoms. The van der Waals surface area contributed by atoms with Crippen molar-refractivity contribution in [1.82, 2.24) is 4.90 Å². The average Bonchev–Trinajstić information content (AvgIpc) is 3.38. The van der Waals surface area contributed by atoms with Crippen molar-refractivity contribution in [2.75, 3.05) is 0 Å². The normalized spacial score (nSPS) is 25.4. The van der Waals surface area contributed by atoms with Crippen molar-refractivity contribution in [1.29, 1.82) is 0 Å². The highest BCUT2D eigenvalue weighted by Crippen LogP contribution is 2.37. The molecule has 3 nitrogen and oxygen atoms in total. The standard InChI is InChI=1S/C19H27NO2/c1-2-14-7-9-16(10-8-14)20(17-11-12-17)13-15-5-3-4-6-18(15)19(21)22/h3-6,14,16-17H,2,7-13H2,1H3,(H,21,22). The molecule has 0 heterocycles. The summed E-state index contributed by atoms with van der Waals surface area (Å²) in [6.45, 7) is 3.10. The lowest BCUT2D eigenvalue weighted by molar-refractivity contribution is 0.0691. The summed E-state index contributed by atoms with van der Waals surface area (Å²) in [5, 5.41) is 9.39. The van der Waals surface area contributed by atoms with E-state index >= 15 is 0 Å². The van der Waals surface area contributed by atoms with Gasteiger partial charge < -0.3 is 5.11 Å². The number of nitrogens with zero attached hydrogens (tertiary/aromatic N) is 1. The molecule has 1 N–H and O–H groups in total. The second-order valence-electron chi connectivity index (χ2n) is 6.95. The molecule has 0 aromatic heterocycles. The number of carbonyl (C=O) groups is 1. The van der Waals surface area contributed by atoms with Gasteiger partial charge in [-0.25, -0.2) is 4.79 Å². The van der Waals surface area contributed by atoms with E-state index in [1.165, 1.54) is 44.9 Å². The van der Waals surface area contributed by atoms with Crippen LogP contribution in [0.5, 0.6) is 0 Å². The fraction of sp³-hybridized carbons (Fsp3) is 0.632. The Morgan fingerprint density at radius 2 is 1.68 bits per heavy atom. The molecule has 0 bridgehead atoms. The third-order valence-electron chi connectivity index (χ3n) is 5.48. The quantitative estimate of drug-likeness (QED) is 0.850. The van der Waals surface area contributed by atoms with Gasteiger partial charge in [0, 0.05) is 18.6 Å². The van der Waals surface area contributed by atoms with Gasteiger partial charge in [-0.15, -0.1) is 0 Å². The van der Waals surface area contributed by atoms with Gasteiger partial charge in [0.25, 0.3) is 0 Å². The largest absolute Gasteiger partial charge is 0.478 e. The van der Waals surface area contributed by atoms with E-state index in [4.69, 9.17) is 0 Å². The number of hydrogen-bond acceptors (Lipinski definition) is 2. The topological polar surface area (TPSA) is 40.5 Å². The molecule has 2 aliphatic rings. The Labute approximate surface area is 133 Å². The van der Waals surface area contributed by atoms with Crippen molar-refractivity contribution >= 4 is 5.97 Å². The van der Waals surface area contributed by atoms with Gasteiger partial charge in [0.2, 0.25) is 0 Å². The Kier molecular flexibility index (Phi) is 4.82. The smallest absolute Gasteiger partial charge is 0.336 e. The first-order valence-corrected chi connectivity index (χ1v) is 8.76. The number of rotatable bonds is 6. The molecule has 3 heteroatoms.